The second-order valence-corrected chi connectivity index (χ2v) is 5.44. The fraction of sp³-hybridized carbons (Fsp3) is 0.438. The number of likely N-dealkylation sites (tertiary alicyclic amines) is 1. The molecular weight excluding hydrogens is 316 g/mol. The number of carbonyl (C=O) groups is 3. The first kappa shape index (κ1) is 17.6. The Bertz CT molecular complexity index is 637. The van der Waals surface area contributed by atoms with Gasteiger partial charge in [-0.1, -0.05) is 0 Å². The summed E-state index contributed by atoms with van der Waals surface area (Å²) in [5.74, 6) is -1.45. The summed E-state index contributed by atoms with van der Waals surface area (Å²) in [6.45, 7) is 0.778. The molecule has 2 N–H and O–H groups in total. The highest BCUT2D eigenvalue weighted by molar-refractivity contribution is 5.95. The van der Waals surface area contributed by atoms with E-state index in [1.807, 2.05) is 0 Å². The third-order valence-electron chi connectivity index (χ3n) is 3.99. The Morgan fingerprint density at radius 2 is 1.88 bits per heavy atom. The van der Waals surface area contributed by atoms with Gasteiger partial charge in [-0.15, -0.1) is 0 Å². The molecule has 2 rings (SSSR count). The molecular formula is C16H20N2O6. The number of benzene rings is 1. The number of piperidine rings is 1. The van der Waals surface area contributed by atoms with E-state index < -0.39 is 17.9 Å². The number of hydrogen-bond acceptors (Lipinski definition) is 5. The number of amides is 2. The van der Waals surface area contributed by atoms with E-state index >= 15 is 0 Å². The van der Waals surface area contributed by atoms with E-state index in [-0.39, 0.29) is 11.6 Å². The van der Waals surface area contributed by atoms with E-state index in [4.69, 9.17) is 9.84 Å². The Kier molecular flexibility index (Phi) is 5.62. The number of aliphatic carboxylic acids is 1. The summed E-state index contributed by atoms with van der Waals surface area (Å²) in [7, 11) is 2.70. The molecule has 0 spiro atoms. The number of nitrogens with zero attached hydrogens (tertiary/aromatic N) is 1. The van der Waals surface area contributed by atoms with Gasteiger partial charge in [0.2, 0.25) is 0 Å². The summed E-state index contributed by atoms with van der Waals surface area (Å²) < 4.78 is 9.81. The summed E-state index contributed by atoms with van der Waals surface area (Å²) in [5, 5.41) is 11.7. The lowest BCUT2D eigenvalue weighted by molar-refractivity contribution is -0.143. The van der Waals surface area contributed by atoms with Crippen molar-refractivity contribution in [1.82, 2.24) is 4.90 Å². The number of methoxy groups -OCH3 is 2. The predicted octanol–water partition coefficient (Wildman–Crippen LogP) is 1.81. The normalized spacial score (nSPS) is 14.8. The highest BCUT2D eigenvalue weighted by Crippen LogP contribution is 2.25. The molecule has 8 heteroatoms. The molecule has 1 heterocycles. The maximum absolute atomic E-state index is 12.3. The fourth-order valence-corrected chi connectivity index (χ4v) is 2.58. The molecule has 0 unspecified atom stereocenters. The van der Waals surface area contributed by atoms with Crippen LogP contribution in [0.3, 0.4) is 0 Å². The van der Waals surface area contributed by atoms with Crippen LogP contribution < -0.4 is 10.1 Å². The van der Waals surface area contributed by atoms with E-state index in [9.17, 15) is 14.4 Å². The Labute approximate surface area is 139 Å². The third-order valence-corrected chi connectivity index (χ3v) is 3.99. The maximum Gasteiger partial charge on any atom is 0.341 e. The highest BCUT2D eigenvalue weighted by atomic mass is 16.5. The second-order valence-electron chi connectivity index (χ2n) is 5.44. The lowest BCUT2D eigenvalue weighted by atomic mass is 9.97. The summed E-state index contributed by atoms with van der Waals surface area (Å²) in [6, 6.07) is 4.31. The Morgan fingerprint density at radius 3 is 2.42 bits per heavy atom. The van der Waals surface area contributed by atoms with Gasteiger partial charge in [-0.2, -0.15) is 0 Å². The van der Waals surface area contributed by atoms with Gasteiger partial charge >= 0.3 is 18.0 Å². The van der Waals surface area contributed by atoms with Crippen molar-refractivity contribution >= 4 is 23.7 Å². The van der Waals surface area contributed by atoms with E-state index in [2.05, 4.69) is 10.1 Å². The van der Waals surface area contributed by atoms with Crippen molar-refractivity contribution in [3.63, 3.8) is 0 Å². The number of ether oxygens (including phenoxy) is 2. The van der Waals surface area contributed by atoms with Crippen LogP contribution in [0.15, 0.2) is 18.2 Å². The third kappa shape index (κ3) is 3.95. The van der Waals surface area contributed by atoms with Crippen molar-refractivity contribution in [2.45, 2.75) is 12.8 Å². The topological polar surface area (TPSA) is 105 Å². The van der Waals surface area contributed by atoms with Crippen LogP contribution in [0, 0.1) is 5.92 Å². The minimum Gasteiger partial charge on any atom is -0.496 e. The van der Waals surface area contributed by atoms with Crippen molar-refractivity contribution in [3.05, 3.63) is 23.8 Å². The van der Waals surface area contributed by atoms with Gasteiger partial charge in [-0.05, 0) is 25.0 Å². The van der Waals surface area contributed by atoms with Crippen molar-refractivity contribution in [1.29, 1.82) is 0 Å². The molecule has 0 aliphatic carbocycles. The van der Waals surface area contributed by atoms with Crippen molar-refractivity contribution in [3.8, 4) is 5.75 Å². The fourth-order valence-electron chi connectivity index (χ4n) is 2.58. The number of hydrogen-bond donors (Lipinski definition) is 2. The van der Waals surface area contributed by atoms with Crippen LogP contribution in [0.25, 0.3) is 0 Å². The van der Waals surface area contributed by atoms with Crippen LogP contribution in [0.5, 0.6) is 5.75 Å². The molecule has 1 aromatic carbocycles. The molecule has 1 aromatic rings. The SMILES string of the molecule is COC(=O)c1ccc(NC(=O)N2CCC(C(=O)O)CC2)cc1OC. The first-order chi connectivity index (χ1) is 11.5. The predicted molar refractivity (Wildman–Crippen MR) is 85.3 cm³/mol. The van der Waals surface area contributed by atoms with E-state index in [1.165, 1.54) is 26.4 Å². The summed E-state index contributed by atoms with van der Waals surface area (Å²) >= 11 is 0. The van der Waals surface area contributed by atoms with Gasteiger partial charge in [0, 0.05) is 24.8 Å². The first-order valence-corrected chi connectivity index (χ1v) is 7.51. The number of carboxylic acid groups (broad SMARTS) is 1. The molecule has 8 nitrogen and oxygen atoms in total. The number of carboxylic acids is 1. The molecule has 0 bridgehead atoms. The van der Waals surface area contributed by atoms with Gasteiger partial charge in [0.25, 0.3) is 0 Å². The number of urea groups is 1. The molecule has 0 radical (unpaired) electrons. The largest absolute Gasteiger partial charge is 0.496 e. The van der Waals surface area contributed by atoms with Gasteiger partial charge in [0.05, 0.1) is 20.1 Å². The van der Waals surface area contributed by atoms with Gasteiger partial charge in [0.1, 0.15) is 11.3 Å². The zero-order chi connectivity index (χ0) is 17.7. The van der Waals surface area contributed by atoms with Crippen molar-refractivity contribution < 1.29 is 29.0 Å². The quantitative estimate of drug-likeness (QED) is 0.813. The smallest absolute Gasteiger partial charge is 0.341 e. The molecule has 1 saturated heterocycles. The van der Waals surface area contributed by atoms with E-state index in [0.29, 0.717) is 37.4 Å². The number of nitrogens with one attached hydrogen (secondary N) is 1. The highest BCUT2D eigenvalue weighted by Gasteiger charge is 2.27. The minimum absolute atomic E-state index is 0.264. The molecule has 0 aromatic heterocycles. The zero-order valence-corrected chi connectivity index (χ0v) is 13.6. The maximum atomic E-state index is 12.3. The van der Waals surface area contributed by atoms with Gasteiger partial charge < -0.3 is 24.8 Å². The summed E-state index contributed by atoms with van der Waals surface area (Å²) in [4.78, 5) is 36.4. The number of esters is 1. The standard InChI is InChI=1S/C16H20N2O6/c1-23-13-9-11(3-4-12(13)15(21)24-2)17-16(22)18-7-5-10(6-8-18)14(19)20/h3-4,9-10H,5-8H2,1-2H3,(H,17,22)(H,19,20). The van der Waals surface area contributed by atoms with Gasteiger partial charge in [0.15, 0.2) is 0 Å². The molecule has 1 fully saturated rings. The minimum atomic E-state index is -0.821. The monoisotopic (exact) mass is 336 g/mol. The van der Waals surface area contributed by atoms with Crippen LogP contribution in [-0.2, 0) is 9.53 Å². The van der Waals surface area contributed by atoms with Crippen LogP contribution >= 0.6 is 0 Å². The van der Waals surface area contributed by atoms with Gasteiger partial charge in [-0.3, -0.25) is 4.79 Å². The zero-order valence-electron chi connectivity index (χ0n) is 13.6. The average Bonchev–Trinajstić information content (AvgIpc) is 2.60. The lowest BCUT2D eigenvalue weighted by Crippen LogP contribution is -2.42. The number of carbonyl (C=O) groups excluding carboxylic acids is 2. The lowest BCUT2D eigenvalue weighted by Gasteiger charge is -2.30. The molecule has 1 aliphatic rings. The molecule has 0 atom stereocenters. The summed E-state index contributed by atoms with van der Waals surface area (Å²) in [6.07, 6.45) is 0.876. The second kappa shape index (κ2) is 7.67. The van der Waals surface area contributed by atoms with Gasteiger partial charge in [-0.25, -0.2) is 9.59 Å². The Balaban J connectivity index is 2.02. The van der Waals surface area contributed by atoms with Crippen molar-refractivity contribution in [2.75, 3.05) is 32.6 Å². The van der Waals surface area contributed by atoms with Crippen LogP contribution in [0.4, 0.5) is 10.5 Å². The molecule has 2 amide bonds. The molecule has 24 heavy (non-hydrogen) atoms. The van der Waals surface area contributed by atoms with Crippen LogP contribution in [-0.4, -0.2) is 55.3 Å². The Hall–Kier alpha value is -2.77. The van der Waals surface area contributed by atoms with E-state index in [1.54, 1.807) is 11.0 Å². The molecule has 1 aliphatic heterocycles. The van der Waals surface area contributed by atoms with Crippen LogP contribution in [0.1, 0.15) is 23.2 Å². The van der Waals surface area contributed by atoms with Crippen molar-refractivity contribution in [2.24, 2.45) is 5.92 Å². The number of anilines is 1. The number of rotatable bonds is 4. The van der Waals surface area contributed by atoms with Crippen LogP contribution in [0.2, 0.25) is 0 Å². The average molecular weight is 336 g/mol. The summed E-state index contributed by atoms with van der Waals surface area (Å²) in [5.41, 5.74) is 0.741. The Morgan fingerprint density at radius 1 is 1.21 bits per heavy atom. The molecule has 0 saturated carbocycles. The first-order valence-electron chi connectivity index (χ1n) is 7.51. The van der Waals surface area contributed by atoms with E-state index in [0.717, 1.165) is 0 Å². The molecule has 130 valence electrons.